The number of imide groups is 1. The predicted octanol–water partition coefficient (Wildman–Crippen LogP) is 3.28. The quantitative estimate of drug-likeness (QED) is 0.317. The maximum atomic E-state index is 13.2. The molecular formula is C26H21NO5. The maximum absolute atomic E-state index is 13.2. The maximum Gasteiger partial charge on any atom is 0.338 e. The van der Waals surface area contributed by atoms with E-state index in [1.807, 2.05) is 0 Å². The molecular weight excluding hydrogens is 406 g/mol. The molecule has 160 valence electrons. The van der Waals surface area contributed by atoms with Crippen LogP contribution in [0.5, 0.6) is 0 Å². The van der Waals surface area contributed by atoms with E-state index >= 15 is 0 Å². The molecule has 0 N–H and O–H groups in total. The van der Waals surface area contributed by atoms with Gasteiger partial charge in [-0.25, -0.2) is 4.79 Å². The molecule has 6 heteroatoms. The molecule has 7 rings (SSSR count). The summed E-state index contributed by atoms with van der Waals surface area (Å²) < 4.78 is 5.14. The number of esters is 1. The zero-order valence-electron chi connectivity index (χ0n) is 17.2. The number of hydrogen-bond donors (Lipinski definition) is 0. The van der Waals surface area contributed by atoms with Gasteiger partial charge in [0, 0.05) is 5.56 Å². The number of nitrogens with zero attached hydrogens (tertiary/aromatic N) is 1. The van der Waals surface area contributed by atoms with E-state index in [1.54, 1.807) is 42.5 Å². The molecule has 2 aromatic carbocycles. The minimum Gasteiger partial charge on any atom is -0.454 e. The van der Waals surface area contributed by atoms with Crippen LogP contribution < -0.4 is 4.90 Å². The van der Waals surface area contributed by atoms with E-state index in [0.29, 0.717) is 23.1 Å². The third-order valence-corrected chi connectivity index (χ3v) is 7.45. The van der Waals surface area contributed by atoms with Crippen molar-refractivity contribution in [2.75, 3.05) is 11.5 Å². The molecule has 1 saturated heterocycles. The van der Waals surface area contributed by atoms with E-state index in [2.05, 4.69) is 12.2 Å². The summed E-state index contributed by atoms with van der Waals surface area (Å²) in [7, 11) is 0. The minimum atomic E-state index is -0.629. The summed E-state index contributed by atoms with van der Waals surface area (Å²) in [5, 5.41) is 0. The van der Waals surface area contributed by atoms with Crippen molar-refractivity contribution in [3.63, 3.8) is 0 Å². The second-order valence-corrected chi connectivity index (χ2v) is 9.08. The molecule has 5 aliphatic rings. The lowest BCUT2D eigenvalue weighted by Gasteiger charge is -2.37. The van der Waals surface area contributed by atoms with Crippen LogP contribution in [0.1, 0.15) is 27.1 Å². The summed E-state index contributed by atoms with van der Waals surface area (Å²) in [6.45, 7) is -0.352. The Hall–Kier alpha value is -3.54. The van der Waals surface area contributed by atoms with Gasteiger partial charge in [-0.05, 0) is 54.4 Å². The standard InChI is InChI=1S/C26H21NO5/c28-21(14-4-2-1-3-5-14)13-32-26(31)15-6-8-16(9-7-15)27-24(29)22-17-10-11-18(20-12-19(17)20)23(22)25(27)30/h1-11,17-20,22-23H,12-13H2/t17-,18+,19-,20-,22+,23+/m1/s1. The fraction of sp³-hybridized carbons (Fsp3) is 0.308. The Bertz CT molecular complexity index is 1130. The number of amides is 2. The number of rotatable bonds is 5. The fourth-order valence-electron chi connectivity index (χ4n) is 5.88. The number of allylic oxidation sites excluding steroid dienone is 2. The third-order valence-electron chi connectivity index (χ3n) is 7.45. The van der Waals surface area contributed by atoms with Gasteiger partial charge in [-0.2, -0.15) is 0 Å². The van der Waals surface area contributed by atoms with Gasteiger partial charge in [0.15, 0.2) is 12.4 Å². The monoisotopic (exact) mass is 427 g/mol. The number of Topliss-reactive ketones (excluding diaryl/α,β-unsaturated/α-hetero) is 1. The van der Waals surface area contributed by atoms with Crippen LogP contribution in [0.4, 0.5) is 5.69 Å². The van der Waals surface area contributed by atoms with E-state index in [4.69, 9.17) is 4.74 Å². The summed E-state index contributed by atoms with van der Waals surface area (Å²) in [5.74, 6) is -0.228. The summed E-state index contributed by atoms with van der Waals surface area (Å²) in [6, 6.07) is 14.9. The smallest absolute Gasteiger partial charge is 0.338 e. The molecule has 2 saturated carbocycles. The molecule has 2 aromatic rings. The van der Waals surface area contributed by atoms with Crippen molar-refractivity contribution in [1.29, 1.82) is 0 Å². The van der Waals surface area contributed by atoms with Crippen LogP contribution in [0, 0.1) is 35.5 Å². The molecule has 2 amide bonds. The number of hydrogen-bond acceptors (Lipinski definition) is 5. The Kier molecular flexibility index (Phi) is 4.18. The van der Waals surface area contributed by atoms with Gasteiger partial charge >= 0.3 is 5.97 Å². The number of ether oxygens (including phenoxy) is 1. The molecule has 0 aromatic heterocycles. The Labute approximate surface area is 184 Å². The van der Waals surface area contributed by atoms with Gasteiger partial charge in [-0.1, -0.05) is 42.5 Å². The Morgan fingerprint density at radius 2 is 1.41 bits per heavy atom. The number of carbonyl (C=O) groups is 4. The van der Waals surface area contributed by atoms with Gasteiger partial charge in [0.05, 0.1) is 23.1 Å². The number of ketones is 1. The largest absolute Gasteiger partial charge is 0.454 e. The van der Waals surface area contributed by atoms with Gasteiger partial charge in [0.2, 0.25) is 11.8 Å². The molecule has 1 aliphatic heterocycles. The number of carbonyl (C=O) groups excluding carboxylic acids is 4. The highest BCUT2D eigenvalue weighted by Crippen LogP contribution is 2.65. The van der Waals surface area contributed by atoms with E-state index in [1.165, 1.54) is 17.0 Å². The Morgan fingerprint density at radius 3 is 2.00 bits per heavy atom. The van der Waals surface area contributed by atoms with Crippen molar-refractivity contribution in [1.82, 2.24) is 0 Å². The zero-order valence-corrected chi connectivity index (χ0v) is 17.2. The van der Waals surface area contributed by atoms with Gasteiger partial charge in [-0.3, -0.25) is 19.3 Å². The lowest BCUT2D eigenvalue weighted by atomic mass is 9.63. The highest BCUT2D eigenvalue weighted by molar-refractivity contribution is 6.22. The van der Waals surface area contributed by atoms with Gasteiger partial charge in [-0.15, -0.1) is 0 Å². The topological polar surface area (TPSA) is 80.8 Å². The first-order valence-corrected chi connectivity index (χ1v) is 11.0. The second-order valence-electron chi connectivity index (χ2n) is 9.08. The van der Waals surface area contributed by atoms with E-state index in [0.717, 1.165) is 6.42 Å². The average molecular weight is 427 g/mol. The summed E-state index contributed by atoms with van der Waals surface area (Å²) in [4.78, 5) is 52.1. The van der Waals surface area contributed by atoms with Crippen molar-refractivity contribution in [3.05, 3.63) is 77.9 Å². The summed E-state index contributed by atoms with van der Waals surface area (Å²) >= 11 is 0. The molecule has 6 atom stereocenters. The lowest BCUT2D eigenvalue weighted by Crippen LogP contribution is -2.40. The van der Waals surface area contributed by atoms with Crippen molar-refractivity contribution >= 4 is 29.3 Å². The molecule has 3 fully saturated rings. The van der Waals surface area contributed by atoms with E-state index < -0.39 is 5.97 Å². The first-order chi connectivity index (χ1) is 15.5. The molecule has 32 heavy (non-hydrogen) atoms. The van der Waals surface area contributed by atoms with Crippen LogP contribution in [-0.2, 0) is 14.3 Å². The van der Waals surface area contributed by atoms with Gasteiger partial charge in [0.25, 0.3) is 0 Å². The molecule has 4 aliphatic carbocycles. The van der Waals surface area contributed by atoms with Gasteiger partial charge in [0.1, 0.15) is 0 Å². The van der Waals surface area contributed by atoms with Gasteiger partial charge < -0.3 is 4.74 Å². The summed E-state index contributed by atoms with van der Waals surface area (Å²) in [5.41, 5.74) is 1.21. The van der Waals surface area contributed by atoms with Crippen molar-refractivity contribution < 1.29 is 23.9 Å². The first-order valence-electron chi connectivity index (χ1n) is 11.0. The Balaban J connectivity index is 1.15. The fourth-order valence-corrected chi connectivity index (χ4v) is 5.88. The van der Waals surface area contributed by atoms with E-state index in [9.17, 15) is 19.2 Å². The zero-order chi connectivity index (χ0) is 22.0. The molecule has 0 unspecified atom stereocenters. The first kappa shape index (κ1) is 19.2. The molecule has 0 spiro atoms. The van der Waals surface area contributed by atoms with Crippen LogP contribution in [0.15, 0.2) is 66.7 Å². The van der Waals surface area contributed by atoms with Crippen LogP contribution in [-0.4, -0.2) is 30.2 Å². The minimum absolute atomic E-state index is 0.131. The molecule has 1 heterocycles. The highest BCUT2D eigenvalue weighted by atomic mass is 16.5. The second kappa shape index (κ2) is 6.99. The highest BCUT2D eigenvalue weighted by Gasteiger charge is 2.67. The van der Waals surface area contributed by atoms with Crippen molar-refractivity contribution in [2.24, 2.45) is 35.5 Å². The van der Waals surface area contributed by atoms with Crippen molar-refractivity contribution in [2.45, 2.75) is 6.42 Å². The van der Waals surface area contributed by atoms with Crippen LogP contribution in [0.2, 0.25) is 0 Å². The predicted molar refractivity (Wildman–Crippen MR) is 115 cm³/mol. The molecule has 0 radical (unpaired) electrons. The van der Waals surface area contributed by atoms with E-state index in [-0.39, 0.29) is 53.4 Å². The van der Waals surface area contributed by atoms with Crippen LogP contribution >= 0.6 is 0 Å². The summed E-state index contributed by atoms with van der Waals surface area (Å²) in [6.07, 6.45) is 5.41. The normalized spacial score (nSPS) is 31.3. The van der Waals surface area contributed by atoms with Crippen molar-refractivity contribution in [3.8, 4) is 0 Å². The number of anilines is 1. The molecule has 6 nitrogen and oxygen atoms in total. The SMILES string of the molecule is O=C(COC(=O)c1ccc(N2C(=O)[C@H]3[C@@H]4C=C[C@@H]([C@H]5C[C@H]45)[C@@H]3C2=O)cc1)c1ccccc1. The lowest BCUT2D eigenvalue weighted by molar-refractivity contribution is -0.124. The Morgan fingerprint density at radius 1 is 0.812 bits per heavy atom. The van der Waals surface area contributed by atoms with Crippen LogP contribution in [0.3, 0.4) is 0 Å². The molecule has 2 bridgehead atoms. The van der Waals surface area contributed by atoms with Crippen LogP contribution in [0.25, 0.3) is 0 Å². The number of benzene rings is 2. The average Bonchev–Trinajstić information content (AvgIpc) is 3.61. The third kappa shape index (κ3) is 2.79.